The van der Waals surface area contributed by atoms with Gasteiger partial charge in [-0.15, -0.1) is 0 Å². The molecular weight excluding hydrogens is 324 g/mol. The van der Waals surface area contributed by atoms with Crippen LogP contribution >= 0.6 is 0 Å². The molecule has 2 aromatic rings. The van der Waals surface area contributed by atoms with Crippen molar-refractivity contribution in [1.29, 1.82) is 0 Å². The van der Waals surface area contributed by atoms with Crippen LogP contribution in [0.3, 0.4) is 0 Å². The molecule has 1 unspecified atom stereocenters. The van der Waals surface area contributed by atoms with Crippen LogP contribution in [0.5, 0.6) is 0 Å². The van der Waals surface area contributed by atoms with Crippen molar-refractivity contribution in [3.8, 4) is 0 Å². The molecule has 0 bridgehead atoms. The molecule has 26 heavy (non-hydrogen) atoms. The van der Waals surface area contributed by atoms with E-state index < -0.39 is 0 Å². The fourth-order valence-corrected chi connectivity index (χ4v) is 3.26. The number of rotatable bonds is 5. The number of pyridine rings is 1. The van der Waals surface area contributed by atoms with E-state index in [0.29, 0.717) is 0 Å². The summed E-state index contributed by atoms with van der Waals surface area (Å²) in [5, 5.41) is 3.05. The maximum absolute atomic E-state index is 12.6. The van der Waals surface area contributed by atoms with Gasteiger partial charge in [-0.2, -0.15) is 0 Å². The second kappa shape index (κ2) is 8.43. The third-order valence-electron chi connectivity index (χ3n) is 5.22. The van der Waals surface area contributed by atoms with Gasteiger partial charge < -0.3 is 5.32 Å². The number of hydrogen-bond donors (Lipinski definition) is 1. The molecule has 1 amide bonds. The molecule has 1 aliphatic heterocycles. The molecule has 0 aliphatic carbocycles. The molecule has 5 nitrogen and oxygen atoms in total. The minimum absolute atomic E-state index is 0.0615. The monoisotopic (exact) mass is 352 g/mol. The van der Waals surface area contributed by atoms with Gasteiger partial charge in [0, 0.05) is 44.6 Å². The molecule has 0 radical (unpaired) electrons. The Kier molecular flexibility index (Phi) is 6.01. The van der Waals surface area contributed by atoms with Gasteiger partial charge in [0.1, 0.15) is 0 Å². The van der Waals surface area contributed by atoms with E-state index in [9.17, 15) is 4.79 Å². The molecule has 1 aromatic carbocycles. The molecule has 1 atom stereocenters. The lowest BCUT2D eigenvalue weighted by Gasteiger charge is -2.37. The minimum Gasteiger partial charge on any atom is -0.325 e. The highest BCUT2D eigenvalue weighted by molar-refractivity contribution is 5.94. The number of amides is 1. The summed E-state index contributed by atoms with van der Waals surface area (Å²) in [6.45, 7) is 10.7. The molecule has 138 valence electrons. The van der Waals surface area contributed by atoms with Crippen LogP contribution in [0.4, 0.5) is 5.69 Å². The Balaban J connectivity index is 1.50. The maximum Gasteiger partial charge on any atom is 0.241 e. The molecule has 2 heterocycles. The summed E-state index contributed by atoms with van der Waals surface area (Å²) >= 11 is 0. The number of nitrogens with one attached hydrogen (secondary N) is 1. The van der Waals surface area contributed by atoms with Crippen LogP contribution in [0.2, 0.25) is 0 Å². The largest absolute Gasteiger partial charge is 0.325 e. The normalized spacial score (nSPS) is 17.0. The van der Waals surface area contributed by atoms with Crippen molar-refractivity contribution in [2.45, 2.75) is 33.4 Å². The number of aryl methyl sites for hydroxylation is 2. The average Bonchev–Trinajstić information content (AvgIpc) is 2.65. The lowest BCUT2D eigenvalue weighted by Crippen LogP contribution is -2.52. The third kappa shape index (κ3) is 4.68. The summed E-state index contributed by atoms with van der Waals surface area (Å²) in [6, 6.07) is 11.9. The number of benzene rings is 1. The second-order valence-corrected chi connectivity index (χ2v) is 7.10. The highest BCUT2D eigenvalue weighted by atomic mass is 16.2. The van der Waals surface area contributed by atoms with Crippen molar-refractivity contribution in [1.82, 2.24) is 14.8 Å². The number of carbonyl (C=O) groups is 1. The van der Waals surface area contributed by atoms with Crippen LogP contribution in [0, 0.1) is 13.8 Å². The molecule has 1 N–H and O–H groups in total. The summed E-state index contributed by atoms with van der Waals surface area (Å²) < 4.78 is 0. The number of anilines is 1. The van der Waals surface area contributed by atoms with Crippen molar-refractivity contribution >= 4 is 11.6 Å². The van der Waals surface area contributed by atoms with Crippen LogP contribution in [0.25, 0.3) is 0 Å². The Morgan fingerprint density at radius 2 is 1.88 bits per heavy atom. The Hall–Kier alpha value is -2.24. The Bertz CT molecular complexity index is 739. The van der Waals surface area contributed by atoms with Crippen LogP contribution in [0.15, 0.2) is 42.6 Å². The van der Waals surface area contributed by atoms with Crippen LogP contribution in [0.1, 0.15) is 23.7 Å². The summed E-state index contributed by atoms with van der Waals surface area (Å²) in [4.78, 5) is 21.7. The zero-order chi connectivity index (χ0) is 18.5. The lowest BCUT2D eigenvalue weighted by molar-refractivity contribution is -0.121. The highest BCUT2D eigenvalue weighted by Gasteiger charge is 2.25. The van der Waals surface area contributed by atoms with Crippen LogP contribution < -0.4 is 5.32 Å². The van der Waals surface area contributed by atoms with Gasteiger partial charge >= 0.3 is 0 Å². The van der Waals surface area contributed by atoms with Crippen LogP contribution in [-0.4, -0.2) is 52.9 Å². The highest BCUT2D eigenvalue weighted by Crippen LogP contribution is 2.16. The first kappa shape index (κ1) is 18.5. The topological polar surface area (TPSA) is 48.5 Å². The molecule has 0 spiro atoms. The SMILES string of the molecule is Cc1ccc(NC(=O)C(C)N2CCN(Cc3ccccn3)CC2)cc1C. The third-order valence-corrected chi connectivity index (χ3v) is 5.22. The van der Waals surface area contributed by atoms with E-state index in [1.165, 1.54) is 11.1 Å². The fraction of sp³-hybridized carbons (Fsp3) is 0.429. The molecular formula is C21H28N4O. The molecule has 5 heteroatoms. The average molecular weight is 352 g/mol. The first-order valence-electron chi connectivity index (χ1n) is 9.27. The van der Waals surface area contributed by atoms with Gasteiger partial charge in [0.05, 0.1) is 11.7 Å². The van der Waals surface area contributed by atoms with Gasteiger partial charge in [-0.3, -0.25) is 19.6 Å². The summed E-state index contributed by atoms with van der Waals surface area (Å²) in [6.07, 6.45) is 1.84. The van der Waals surface area contributed by atoms with Gasteiger partial charge in [0.15, 0.2) is 0 Å². The van der Waals surface area contributed by atoms with E-state index in [4.69, 9.17) is 0 Å². The molecule has 1 fully saturated rings. The number of aromatic nitrogens is 1. The molecule has 0 saturated carbocycles. The van der Waals surface area contributed by atoms with E-state index >= 15 is 0 Å². The summed E-state index contributed by atoms with van der Waals surface area (Å²) in [5.41, 5.74) is 4.40. The van der Waals surface area contributed by atoms with Crippen molar-refractivity contribution in [2.24, 2.45) is 0 Å². The Morgan fingerprint density at radius 1 is 1.12 bits per heavy atom. The first-order valence-corrected chi connectivity index (χ1v) is 9.27. The quantitative estimate of drug-likeness (QED) is 0.899. The number of hydrogen-bond acceptors (Lipinski definition) is 4. The van der Waals surface area contributed by atoms with E-state index in [2.05, 4.69) is 40.0 Å². The summed E-state index contributed by atoms with van der Waals surface area (Å²) in [7, 11) is 0. The molecule has 1 saturated heterocycles. The number of nitrogens with zero attached hydrogens (tertiary/aromatic N) is 3. The van der Waals surface area contributed by atoms with Crippen molar-refractivity contribution < 1.29 is 4.79 Å². The standard InChI is InChI=1S/C21H28N4O/c1-16-7-8-19(14-17(16)2)23-21(26)18(3)25-12-10-24(11-13-25)15-20-6-4-5-9-22-20/h4-9,14,18H,10-13,15H2,1-3H3,(H,23,26). The second-order valence-electron chi connectivity index (χ2n) is 7.10. The van der Waals surface area contributed by atoms with Crippen LogP contribution in [-0.2, 0) is 11.3 Å². The van der Waals surface area contributed by atoms with Crippen molar-refractivity contribution in [3.63, 3.8) is 0 Å². The van der Waals surface area contributed by atoms with E-state index in [0.717, 1.165) is 44.1 Å². The minimum atomic E-state index is -0.131. The first-order chi connectivity index (χ1) is 12.5. The van der Waals surface area contributed by atoms with Gasteiger partial charge in [-0.1, -0.05) is 12.1 Å². The molecule has 3 rings (SSSR count). The van der Waals surface area contributed by atoms with Crippen molar-refractivity contribution in [3.05, 3.63) is 59.4 Å². The predicted octanol–water partition coefficient (Wildman–Crippen LogP) is 2.84. The predicted molar refractivity (Wildman–Crippen MR) is 105 cm³/mol. The molecule has 1 aromatic heterocycles. The fourth-order valence-electron chi connectivity index (χ4n) is 3.26. The van der Waals surface area contributed by atoms with E-state index in [1.807, 2.05) is 43.5 Å². The number of carbonyl (C=O) groups excluding carboxylic acids is 1. The Labute approximate surface area is 156 Å². The lowest BCUT2D eigenvalue weighted by atomic mass is 10.1. The summed E-state index contributed by atoms with van der Waals surface area (Å²) in [5.74, 6) is 0.0615. The zero-order valence-electron chi connectivity index (χ0n) is 15.9. The van der Waals surface area contributed by atoms with Gasteiger partial charge in [-0.05, 0) is 56.2 Å². The maximum atomic E-state index is 12.6. The van der Waals surface area contributed by atoms with Gasteiger partial charge in [-0.25, -0.2) is 0 Å². The van der Waals surface area contributed by atoms with Gasteiger partial charge in [0.2, 0.25) is 5.91 Å². The zero-order valence-corrected chi connectivity index (χ0v) is 15.9. The number of piperazine rings is 1. The van der Waals surface area contributed by atoms with Gasteiger partial charge in [0.25, 0.3) is 0 Å². The van der Waals surface area contributed by atoms with E-state index in [-0.39, 0.29) is 11.9 Å². The Morgan fingerprint density at radius 3 is 2.54 bits per heavy atom. The van der Waals surface area contributed by atoms with Crippen molar-refractivity contribution in [2.75, 3.05) is 31.5 Å². The van der Waals surface area contributed by atoms with E-state index in [1.54, 1.807) is 0 Å². The molecule has 1 aliphatic rings. The smallest absolute Gasteiger partial charge is 0.241 e.